The molecule has 3 atom stereocenters. The summed E-state index contributed by atoms with van der Waals surface area (Å²) in [6, 6.07) is 0. The average Bonchev–Trinajstić information content (AvgIpc) is 2.26. The van der Waals surface area contributed by atoms with Gasteiger partial charge >= 0.3 is 0 Å². The van der Waals surface area contributed by atoms with Crippen LogP contribution in [0, 0.1) is 23.2 Å². The van der Waals surface area contributed by atoms with Crippen molar-refractivity contribution in [2.24, 2.45) is 23.2 Å². The van der Waals surface area contributed by atoms with Crippen LogP contribution in [-0.4, -0.2) is 21.4 Å². The largest absolute Gasteiger partial charge is 0.390 e. The van der Waals surface area contributed by atoms with Crippen molar-refractivity contribution in [3.8, 4) is 0 Å². The number of rotatable bonds is 4. The monoisotopic (exact) mass is 266 g/mol. The minimum Gasteiger partial charge on any atom is -0.390 e. The summed E-state index contributed by atoms with van der Waals surface area (Å²) in [5, 5.41) is 22.2. The quantitative estimate of drug-likeness (QED) is 0.817. The molecule has 4 aliphatic carbocycles. The van der Waals surface area contributed by atoms with Gasteiger partial charge in [-0.3, -0.25) is 0 Å². The highest BCUT2D eigenvalue weighted by Gasteiger charge is 2.63. The van der Waals surface area contributed by atoms with E-state index >= 15 is 0 Å². The zero-order valence-electron chi connectivity index (χ0n) is 12.8. The molecule has 3 unspecified atom stereocenters. The second-order valence-electron chi connectivity index (χ2n) is 8.13. The van der Waals surface area contributed by atoms with Crippen LogP contribution in [0.5, 0.6) is 0 Å². The number of hydrogen-bond donors (Lipinski definition) is 2. The molecular formula is C17H30O2. The third-order valence-electron chi connectivity index (χ3n) is 6.88. The highest BCUT2D eigenvalue weighted by Crippen LogP contribution is 2.66. The maximum absolute atomic E-state index is 11.3. The molecule has 0 heterocycles. The summed E-state index contributed by atoms with van der Waals surface area (Å²) >= 11 is 0. The van der Waals surface area contributed by atoms with E-state index in [0.29, 0.717) is 17.8 Å². The van der Waals surface area contributed by atoms with Gasteiger partial charge in [-0.2, -0.15) is 0 Å². The van der Waals surface area contributed by atoms with E-state index in [1.165, 1.54) is 6.42 Å². The molecule has 0 aromatic carbocycles. The van der Waals surface area contributed by atoms with E-state index in [-0.39, 0.29) is 5.41 Å². The summed E-state index contributed by atoms with van der Waals surface area (Å²) < 4.78 is 0. The molecule has 2 nitrogen and oxygen atoms in total. The highest BCUT2D eigenvalue weighted by molar-refractivity contribution is 5.14. The summed E-state index contributed by atoms with van der Waals surface area (Å²) in [7, 11) is 0. The van der Waals surface area contributed by atoms with Gasteiger partial charge in [-0.1, -0.05) is 26.7 Å². The summed E-state index contributed by atoms with van der Waals surface area (Å²) in [4.78, 5) is 0. The lowest BCUT2D eigenvalue weighted by Crippen LogP contribution is -2.64. The Balaban J connectivity index is 1.95. The molecule has 2 heteroatoms. The zero-order chi connectivity index (χ0) is 13.9. The molecule has 4 saturated carbocycles. The van der Waals surface area contributed by atoms with Crippen molar-refractivity contribution < 1.29 is 10.2 Å². The van der Waals surface area contributed by atoms with E-state index in [1.807, 2.05) is 0 Å². The van der Waals surface area contributed by atoms with Crippen molar-refractivity contribution in [2.75, 3.05) is 0 Å². The van der Waals surface area contributed by atoms with Gasteiger partial charge in [0.05, 0.1) is 11.2 Å². The van der Waals surface area contributed by atoms with E-state index < -0.39 is 11.2 Å². The van der Waals surface area contributed by atoms with Crippen LogP contribution < -0.4 is 0 Å². The van der Waals surface area contributed by atoms with Crippen LogP contribution in [0.2, 0.25) is 0 Å². The Bertz CT molecular complexity index is 342. The molecule has 4 bridgehead atoms. The van der Waals surface area contributed by atoms with Crippen LogP contribution in [0.3, 0.4) is 0 Å². The van der Waals surface area contributed by atoms with Gasteiger partial charge in [-0.05, 0) is 63.2 Å². The average molecular weight is 266 g/mol. The molecule has 0 radical (unpaired) electrons. The Morgan fingerprint density at radius 2 is 1.63 bits per heavy atom. The maximum atomic E-state index is 11.3. The van der Waals surface area contributed by atoms with E-state index in [4.69, 9.17) is 0 Å². The summed E-state index contributed by atoms with van der Waals surface area (Å²) in [6.07, 6.45) is 8.50. The minimum atomic E-state index is -0.609. The van der Waals surface area contributed by atoms with Gasteiger partial charge in [-0.15, -0.1) is 0 Å². The van der Waals surface area contributed by atoms with Gasteiger partial charge in [0, 0.05) is 5.41 Å². The first-order valence-corrected chi connectivity index (χ1v) is 8.29. The van der Waals surface area contributed by atoms with Gasteiger partial charge < -0.3 is 10.2 Å². The maximum Gasteiger partial charge on any atom is 0.0704 e. The molecule has 0 aromatic heterocycles. The Labute approximate surface area is 117 Å². The van der Waals surface area contributed by atoms with Gasteiger partial charge in [0.1, 0.15) is 0 Å². The summed E-state index contributed by atoms with van der Waals surface area (Å²) in [5.74, 6) is 1.69. The van der Waals surface area contributed by atoms with Crippen molar-refractivity contribution in [3.63, 3.8) is 0 Å². The molecule has 4 rings (SSSR count). The lowest BCUT2D eigenvalue weighted by atomic mass is 9.42. The summed E-state index contributed by atoms with van der Waals surface area (Å²) in [5.41, 5.74) is -1.08. The molecule has 19 heavy (non-hydrogen) atoms. The van der Waals surface area contributed by atoms with Crippen LogP contribution >= 0.6 is 0 Å². The van der Waals surface area contributed by atoms with Gasteiger partial charge in [0.2, 0.25) is 0 Å². The third kappa shape index (κ3) is 1.90. The Morgan fingerprint density at radius 1 is 1.11 bits per heavy atom. The van der Waals surface area contributed by atoms with Crippen LogP contribution in [0.4, 0.5) is 0 Å². The topological polar surface area (TPSA) is 40.5 Å². The molecule has 0 saturated heterocycles. The first-order chi connectivity index (χ1) is 8.84. The third-order valence-corrected chi connectivity index (χ3v) is 6.88. The number of aliphatic hydroxyl groups is 2. The molecule has 110 valence electrons. The molecule has 0 aliphatic heterocycles. The van der Waals surface area contributed by atoms with Gasteiger partial charge in [0.15, 0.2) is 0 Å². The van der Waals surface area contributed by atoms with Crippen LogP contribution in [-0.2, 0) is 0 Å². The molecule has 4 aliphatic rings. The molecule has 0 amide bonds. The Hall–Kier alpha value is -0.0800. The molecule has 2 N–H and O–H groups in total. The lowest BCUT2D eigenvalue weighted by molar-refractivity contribution is -0.239. The van der Waals surface area contributed by atoms with Crippen molar-refractivity contribution in [2.45, 2.75) is 83.3 Å². The zero-order valence-corrected chi connectivity index (χ0v) is 12.8. The first-order valence-electron chi connectivity index (χ1n) is 8.29. The molecule has 4 fully saturated rings. The van der Waals surface area contributed by atoms with E-state index in [2.05, 4.69) is 20.8 Å². The second-order valence-corrected chi connectivity index (χ2v) is 8.13. The van der Waals surface area contributed by atoms with Crippen molar-refractivity contribution in [1.82, 2.24) is 0 Å². The van der Waals surface area contributed by atoms with Crippen molar-refractivity contribution >= 4 is 0 Å². The van der Waals surface area contributed by atoms with Crippen LogP contribution in [0.25, 0.3) is 0 Å². The standard InChI is InChI=1S/C17H30O2/c1-4-14(5-2)15(3,18)16-7-12-6-13(8-16)10-17(19,9-12)11-16/h12-14,18-19H,4-11H2,1-3H3. The SMILES string of the molecule is CCC(CC)C(C)(O)C12CC3CC(CC(O)(C3)C1)C2. The molecular weight excluding hydrogens is 236 g/mol. The predicted octanol–water partition coefficient (Wildman–Crippen LogP) is 3.50. The molecule has 0 aromatic rings. The van der Waals surface area contributed by atoms with E-state index in [1.54, 1.807) is 0 Å². The fraction of sp³-hybridized carbons (Fsp3) is 1.00. The van der Waals surface area contributed by atoms with Crippen molar-refractivity contribution in [1.29, 1.82) is 0 Å². The van der Waals surface area contributed by atoms with Gasteiger partial charge in [-0.25, -0.2) is 0 Å². The second kappa shape index (κ2) is 4.21. The Kier molecular flexibility index (Phi) is 3.07. The van der Waals surface area contributed by atoms with E-state index in [9.17, 15) is 10.2 Å². The van der Waals surface area contributed by atoms with Gasteiger partial charge in [0.25, 0.3) is 0 Å². The minimum absolute atomic E-state index is 0.0114. The van der Waals surface area contributed by atoms with E-state index in [0.717, 1.165) is 44.9 Å². The number of hydrogen-bond acceptors (Lipinski definition) is 2. The smallest absolute Gasteiger partial charge is 0.0704 e. The van der Waals surface area contributed by atoms with Crippen molar-refractivity contribution in [3.05, 3.63) is 0 Å². The fourth-order valence-corrected chi connectivity index (χ4v) is 6.32. The fourth-order valence-electron chi connectivity index (χ4n) is 6.32. The summed E-state index contributed by atoms with van der Waals surface area (Å²) in [6.45, 7) is 6.46. The first kappa shape index (κ1) is 13.9. The van der Waals surface area contributed by atoms with Crippen LogP contribution in [0.1, 0.15) is 72.1 Å². The normalized spacial score (nSPS) is 47.7. The Morgan fingerprint density at radius 3 is 2.05 bits per heavy atom. The lowest BCUT2D eigenvalue weighted by Gasteiger charge is -2.65. The van der Waals surface area contributed by atoms with Crippen LogP contribution in [0.15, 0.2) is 0 Å². The predicted molar refractivity (Wildman–Crippen MR) is 76.8 cm³/mol. The molecule has 0 spiro atoms. The highest BCUT2D eigenvalue weighted by atomic mass is 16.3.